The second-order valence-electron chi connectivity index (χ2n) is 2.95. The predicted octanol–water partition coefficient (Wildman–Crippen LogP) is 2.29. The molecule has 0 aliphatic rings. The average molecular weight is 205 g/mol. The van der Waals surface area contributed by atoms with E-state index in [0.717, 1.165) is 0 Å². The van der Waals surface area contributed by atoms with E-state index in [4.69, 9.17) is 9.79 Å². The summed E-state index contributed by atoms with van der Waals surface area (Å²) in [5.74, 6) is 0. The molecule has 0 aromatic carbocycles. The first-order valence-electron chi connectivity index (χ1n) is 4.39. The van der Waals surface area contributed by atoms with Crippen molar-refractivity contribution in [3.8, 4) is 6.07 Å². The van der Waals surface area contributed by atoms with Crippen LogP contribution < -0.4 is 0 Å². The van der Waals surface area contributed by atoms with Gasteiger partial charge in [0, 0.05) is 6.42 Å². The monoisotopic (exact) mass is 205 g/mol. The smallest absolute Gasteiger partial charge is 0.324 e. The first-order valence-corrected chi connectivity index (χ1v) is 6.15. The van der Waals surface area contributed by atoms with Crippen LogP contribution in [0, 0.1) is 11.3 Å². The van der Waals surface area contributed by atoms with Crippen LogP contribution in [0.3, 0.4) is 0 Å². The summed E-state index contributed by atoms with van der Waals surface area (Å²) in [6, 6.07) is 1.92. The third kappa shape index (κ3) is 6.77. The van der Waals surface area contributed by atoms with E-state index in [1.54, 1.807) is 6.92 Å². The molecule has 0 aliphatic carbocycles. The van der Waals surface area contributed by atoms with Gasteiger partial charge < -0.3 is 9.42 Å². The van der Waals surface area contributed by atoms with E-state index in [1.807, 2.05) is 13.0 Å². The molecule has 0 amide bonds. The van der Waals surface area contributed by atoms with Crippen LogP contribution in [0.2, 0.25) is 0 Å². The number of nitrogens with zero attached hydrogens (tertiary/aromatic N) is 1. The molecule has 0 spiro atoms. The van der Waals surface area contributed by atoms with Crippen LogP contribution in [0.1, 0.15) is 33.1 Å². The van der Waals surface area contributed by atoms with Crippen molar-refractivity contribution in [2.45, 2.75) is 39.2 Å². The maximum Gasteiger partial charge on any atom is 0.328 e. The van der Waals surface area contributed by atoms with Gasteiger partial charge in [-0.25, -0.2) is 0 Å². The zero-order valence-corrected chi connectivity index (χ0v) is 8.96. The van der Waals surface area contributed by atoms with Crippen LogP contribution >= 0.6 is 7.60 Å². The van der Waals surface area contributed by atoms with Crippen LogP contribution in [-0.2, 0) is 9.09 Å². The maximum atomic E-state index is 11.3. The molecule has 0 aromatic heterocycles. The van der Waals surface area contributed by atoms with Gasteiger partial charge in [0.1, 0.15) is 0 Å². The lowest BCUT2D eigenvalue weighted by Crippen LogP contribution is -2.06. The molecular formula is C8H16NO3P. The molecule has 0 bridgehead atoms. The van der Waals surface area contributed by atoms with Crippen LogP contribution in [0.15, 0.2) is 0 Å². The van der Waals surface area contributed by atoms with Gasteiger partial charge in [0.15, 0.2) is 0 Å². The first kappa shape index (κ1) is 12.6. The van der Waals surface area contributed by atoms with Crippen molar-refractivity contribution in [2.75, 3.05) is 6.16 Å². The van der Waals surface area contributed by atoms with Crippen molar-refractivity contribution < 1.29 is 14.0 Å². The van der Waals surface area contributed by atoms with Crippen molar-refractivity contribution in [1.82, 2.24) is 0 Å². The molecule has 0 heterocycles. The van der Waals surface area contributed by atoms with Gasteiger partial charge in [-0.05, 0) is 19.8 Å². The quantitative estimate of drug-likeness (QED) is 0.533. The van der Waals surface area contributed by atoms with E-state index < -0.39 is 7.60 Å². The Morgan fingerprint density at radius 2 is 2.31 bits per heavy atom. The SMILES string of the molecule is CCC(C)OP(=O)(O)CCCC#N. The van der Waals surface area contributed by atoms with Crippen LogP contribution in [-0.4, -0.2) is 17.2 Å². The highest BCUT2D eigenvalue weighted by Crippen LogP contribution is 2.44. The predicted molar refractivity (Wildman–Crippen MR) is 50.4 cm³/mol. The Morgan fingerprint density at radius 3 is 2.77 bits per heavy atom. The molecule has 2 unspecified atom stereocenters. The molecule has 1 N–H and O–H groups in total. The normalized spacial score (nSPS) is 17.4. The highest BCUT2D eigenvalue weighted by atomic mass is 31.2. The lowest BCUT2D eigenvalue weighted by Gasteiger charge is -2.15. The lowest BCUT2D eigenvalue weighted by atomic mass is 10.3. The van der Waals surface area contributed by atoms with Gasteiger partial charge in [0.05, 0.1) is 18.3 Å². The maximum absolute atomic E-state index is 11.3. The van der Waals surface area contributed by atoms with Gasteiger partial charge in [0.2, 0.25) is 0 Å². The van der Waals surface area contributed by atoms with Crippen molar-refractivity contribution in [1.29, 1.82) is 5.26 Å². The number of hydrogen-bond acceptors (Lipinski definition) is 3. The molecule has 0 fully saturated rings. The summed E-state index contributed by atoms with van der Waals surface area (Å²) in [7, 11) is -3.45. The molecule has 0 aliphatic heterocycles. The van der Waals surface area contributed by atoms with Gasteiger partial charge in [-0.1, -0.05) is 6.92 Å². The second-order valence-corrected chi connectivity index (χ2v) is 4.88. The van der Waals surface area contributed by atoms with Crippen molar-refractivity contribution in [3.63, 3.8) is 0 Å². The Kier molecular flexibility index (Phi) is 5.98. The average Bonchev–Trinajstić information content (AvgIpc) is 2.03. The van der Waals surface area contributed by atoms with Gasteiger partial charge in [0.25, 0.3) is 0 Å². The van der Waals surface area contributed by atoms with Gasteiger partial charge in [-0.2, -0.15) is 5.26 Å². The van der Waals surface area contributed by atoms with Crippen molar-refractivity contribution >= 4 is 7.60 Å². The van der Waals surface area contributed by atoms with E-state index in [9.17, 15) is 9.46 Å². The summed E-state index contributed by atoms with van der Waals surface area (Å²) >= 11 is 0. The molecule has 5 heteroatoms. The highest BCUT2D eigenvalue weighted by Gasteiger charge is 2.20. The minimum Gasteiger partial charge on any atom is -0.324 e. The molecule has 13 heavy (non-hydrogen) atoms. The molecule has 0 aromatic rings. The molecule has 0 rings (SSSR count). The molecular weight excluding hydrogens is 189 g/mol. The van der Waals surface area contributed by atoms with Crippen LogP contribution in [0.4, 0.5) is 0 Å². The highest BCUT2D eigenvalue weighted by molar-refractivity contribution is 7.52. The van der Waals surface area contributed by atoms with Crippen LogP contribution in [0.5, 0.6) is 0 Å². The summed E-state index contributed by atoms with van der Waals surface area (Å²) in [5.41, 5.74) is 0. The largest absolute Gasteiger partial charge is 0.328 e. The molecule has 0 saturated heterocycles. The summed E-state index contributed by atoms with van der Waals surface area (Å²) in [6.07, 6.45) is 1.31. The minimum atomic E-state index is -3.45. The van der Waals surface area contributed by atoms with Crippen molar-refractivity contribution in [2.24, 2.45) is 0 Å². The fraction of sp³-hybridized carbons (Fsp3) is 0.875. The van der Waals surface area contributed by atoms with Crippen molar-refractivity contribution in [3.05, 3.63) is 0 Å². The molecule has 2 atom stereocenters. The lowest BCUT2D eigenvalue weighted by molar-refractivity contribution is 0.185. The fourth-order valence-corrected chi connectivity index (χ4v) is 2.14. The molecule has 4 nitrogen and oxygen atoms in total. The second kappa shape index (κ2) is 6.15. The first-order chi connectivity index (χ1) is 6.02. The van der Waals surface area contributed by atoms with E-state index in [-0.39, 0.29) is 12.3 Å². The Morgan fingerprint density at radius 1 is 1.69 bits per heavy atom. The van der Waals surface area contributed by atoms with Gasteiger partial charge >= 0.3 is 7.60 Å². The molecule has 76 valence electrons. The number of hydrogen-bond donors (Lipinski definition) is 1. The Labute approximate surface area is 79.1 Å². The summed E-state index contributed by atoms with van der Waals surface area (Å²) in [6.45, 7) is 3.65. The van der Waals surface area contributed by atoms with Gasteiger partial charge in [-0.15, -0.1) is 0 Å². The fourth-order valence-electron chi connectivity index (χ4n) is 0.766. The standard InChI is InChI=1S/C8H16NO3P/c1-3-8(2)12-13(10,11)7-5-4-6-9/h8H,3-5,7H2,1-2H3,(H,10,11). The zero-order valence-electron chi connectivity index (χ0n) is 8.06. The zero-order chi connectivity index (χ0) is 10.3. The van der Waals surface area contributed by atoms with Crippen LogP contribution in [0.25, 0.3) is 0 Å². The van der Waals surface area contributed by atoms with Gasteiger partial charge in [-0.3, -0.25) is 4.57 Å². The van der Waals surface area contributed by atoms with E-state index >= 15 is 0 Å². The summed E-state index contributed by atoms with van der Waals surface area (Å²) in [4.78, 5) is 9.27. The molecule has 0 radical (unpaired) electrons. The molecule has 0 saturated carbocycles. The third-order valence-corrected chi connectivity index (χ3v) is 3.22. The van der Waals surface area contributed by atoms with E-state index in [1.165, 1.54) is 0 Å². The Hall–Kier alpha value is -0.360. The Balaban J connectivity index is 3.81. The summed E-state index contributed by atoms with van der Waals surface area (Å²) in [5, 5.41) is 8.23. The third-order valence-electron chi connectivity index (χ3n) is 1.65. The topological polar surface area (TPSA) is 70.3 Å². The Bertz CT molecular complexity index is 224. The number of nitriles is 1. The minimum absolute atomic E-state index is 0.0743. The summed E-state index contributed by atoms with van der Waals surface area (Å²) < 4.78 is 16.2. The number of unbranched alkanes of at least 4 members (excludes halogenated alkanes) is 1. The number of rotatable bonds is 6. The van der Waals surface area contributed by atoms with E-state index in [0.29, 0.717) is 19.3 Å². The van der Waals surface area contributed by atoms with E-state index in [2.05, 4.69) is 0 Å².